The van der Waals surface area contributed by atoms with Crippen LogP contribution in [-0.2, 0) is 9.53 Å². The summed E-state index contributed by atoms with van der Waals surface area (Å²) in [6, 6.07) is 0. The first kappa shape index (κ1) is 12.1. The molecule has 0 amide bonds. The predicted octanol–water partition coefficient (Wildman–Crippen LogP) is 3.65. The van der Waals surface area contributed by atoms with E-state index in [1.165, 1.54) is 38.5 Å². The summed E-state index contributed by atoms with van der Waals surface area (Å²) in [5.41, 5.74) is 0. The van der Waals surface area contributed by atoms with Crippen molar-refractivity contribution in [2.75, 3.05) is 0 Å². The van der Waals surface area contributed by atoms with Gasteiger partial charge in [0.25, 0.3) is 0 Å². The molecule has 4 bridgehead atoms. The van der Waals surface area contributed by atoms with Crippen LogP contribution in [-0.4, -0.2) is 12.1 Å². The number of hydrogen-bond donors (Lipinski definition) is 0. The van der Waals surface area contributed by atoms with E-state index in [2.05, 4.69) is 0 Å². The summed E-state index contributed by atoms with van der Waals surface area (Å²) >= 11 is 0. The summed E-state index contributed by atoms with van der Waals surface area (Å²) in [5, 5.41) is 0. The summed E-state index contributed by atoms with van der Waals surface area (Å²) in [7, 11) is 0. The van der Waals surface area contributed by atoms with Crippen LogP contribution >= 0.6 is 0 Å². The molecule has 0 saturated heterocycles. The van der Waals surface area contributed by atoms with E-state index in [1.54, 1.807) is 0 Å². The van der Waals surface area contributed by atoms with Crippen LogP contribution in [0.25, 0.3) is 0 Å². The number of carbonyl (C=O) groups excluding carboxylic acids is 1. The van der Waals surface area contributed by atoms with Gasteiger partial charge in [-0.25, -0.2) is 0 Å². The Morgan fingerprint density at radius 1 is 0.950 bits per heavy atom. The Kier molecular flexibility index (Phi) is 2.42. The van der Waals surface area contributed by atoms with Crippen LogP contribution in [0.3, 0.4) is 0 Å². The molecule has 0 N–H and O–H groups in total. The lowest BCUT2D eigenvalue weighted by Crippen LogP contribution is -2.41. The summed E-state index contributed by atoms with van der Waals surface area (Å²) in [6.07, 6.45) is 9.46. The van der Waals surface area contributed by atoms with Crippen LogP contribution in [0.1, 0.15) is 51.9 Å². The van der Waals surface area contributed by atoms with Crippen LogP contribution in [0.2, 0.25) is 0 Å². The summed E-state index contributed by atoms with van der Waals surface area (Å²) < 4.78 is 5.78. The maximum atomic E-state index is 11.7. The Morgan fingerprint density at radius 3 is 2.45 bits per heavy atom. The zero-order valence-corrected chi connectivity index (χ0v) is 12.5. The molecule has 5 fully saturated rings. The lowest BCUT2D eigenvalue weighted by molar-refractivity contribution is -0.154. The maximum absolute atomic E-state index is 11.7. The number of ether oxygens (including phenoxy) is 1. The van der Waals surface area contributed by atoms with Gasteiger partial charge in [-0.3, -0.25) is 4.79 Å². The normalized spacial score (nSPS) is 58.0. The van der Waals surface area contributed by atoms with Crippen LogP contribution in [0.15, 0.2) is 0 Å². The fourth-order valence-corrected chi connectivity index (χ4v) is 7.64. The van der Waals surface area contributed by atoms with E-state index in [1.807, 2.05) is 6.92 Å². The van der Waals surface area contributed by atoms with E-state index in [0.717, 1.165) is 47.3 Å². The molecule has 5 saturated carbocycles. The van der Waals surface area contributed by atoms with Crippen molar-refractivity contribution in [1.82, 2.24) is 0 Å². The van der Waals surface area contributed by atoms with Gasteiger partial charge in [0.15, 0.2) is 0 Å². The van der Waals surface area contributed by atoms with Crippen molar-refractivity contribution >= 4 is 5.97 Å². The Morgan fingerprint density at radius 2 is 1.70 bits per heavy atom. The monoisotopic (exact) mass is 274 g/mol. The van der Waals surface area contributed by atoms with Gasteiger partial charge in [0.05, 0.1) is 0 Å². The molecule has 0 aromatic heterocycles. The van der Waals surface area contributed by atoms with Gasteiger partial charge >= 0.3 is 5.97 Å². The molecule has 0 aliphatic heterocycles. The minimum Gasteiger partial charge on any atom is -0.462 e. The smallest absolute Gasteiger partial charge is 0.305 e. The van der Waals surface area contributed by atoms with Crippen molar-refractivity contribution in [2.45, 2.75) is 58.0 Å². The zero-order valence-electron chi connectivity index (χ0n) is 12.5. The summed E-state index contributed by atoms with van der Waals surface area (Å²) in [6.45, 7) is 1.92. The molecule has 20 heavy (non-hydrogen) atoms. The lowest BCUT2D eigenvalue weighted by atomic mass is 9.64. The van der Waals surface area contributed by atoms with Gasteiger partial charge in [0, 0.05) is 6.42 Å². The fourth-order valence-electron chi connectivity index (χ4n) is 7.64. The predicted molar refractivity (Wildman–Crippen MR) is 75.8 cm³/mol. The Balaban J connectivity index is 1.40. The van der Waals surface area contributed by atoms with Crippen LogP contribution in [0.4, 0.5) is 0 Å². The quantitative estimate of drug-likeness (QED) is 0.567. The maximum Gasteiger partial charge on any atom is 0.305 e. The first-order chi connectivity index (χ1) is 9.78. The minimum absolute atomic E-state index is 0.0287. The SMILES string of the molecule is CCC(=O)OC1CC2CC1[C@H]1C3CC(C4CCCC43)C21. The minimum atomic E-state index is 0.0287. The number of fused-ring (bicyclic) bond motifs is 12. The molecule has 0 radical (unpaired) electrons. The number of carbonyl (C=O) groups is 1. The average Bonchev–Trinajstić information content (AvgIpc) is 3.19. The van der Waals surface area contributed by atoms with Crippen LogP contribution < -0.4 is 0 Å². The second kappa shape index (κ2) is 4.01. The molecule has 2 heteroatoms. The van der Waals surface area contributed by atoms with Crippen molar-refractivity contribution in [3.05, 3.63) is 0 Å². The van der Waals surface area contributed by atoms with Gasteiger partial charge in [-0.2, -0.15) is 0 Å². The number of rotatable bonds is 2. The molecule has 5 aliphatic rings. The van der Waals surface area contributed by atoms with Crippen LogP contribution in [0.5, 0.6) is 0 Å². The third kappa shape index (κ3) is 1.34. The molecule has 2 nitrogen and oxygen atoms in total. The summed E-state index contributed by atoms with van der Waals surface area (Å²) in [4.78, 5) is 11.7. The first-order valence-corrected chi connectivity index (χ1v) is 8.97. The number of hydrogen-bond acceptors (Lipinski definition) is 2. The molecule has 0 spiro atoms. The standard InChI is InChI=1S/C18H26O2/c1-2-16(19)20-15-7-9-6-14(15)18-13-8-12(17(9)18)10-4-3-5-11(10)13/h9-15,17-18H,2-8H2,1H3/t9?,10?,11?,12?,13?,14?,15?,17?,18-/m1/s1. The van der Waals surface area contributed by atoms with Crippen molar-refractivity contribution in [2.24, 2.45) is 47.3 Å². The fraction of sp³-hybridized carbons (Fsp3) is 0.944. The second-order valence-electron chi connectivity index (χ2n) is 8.25. The van der Waals surface area contributed by atoms with Gasteiger partial charge < -0.3 is 4.74 Å². The molecule has 9 atom stereocenters. The van der Waals surface area contributed by atoms with E-state index in [9.17, 15) is 4.79 Å². The molecule has 0 aromatic rings. The Labute approximate surface area is 121 Å². The lowest BCUT2D eigenvalue weighted by Gasteiger charge is -2.43. The molecular formula is C18H26O2. The molecule has 8 unspecified atom stereocenters. The highest BCUT2D eigenvalue weighted by Crippen LogP contribution is 2.72. The molecular weight excluding hydrogens is 248 g/mol. The highest BCUT2D eigenvalue weighted by molar-refractivity contribution is 5.69. The average molecular weight is 274 g/mol. The van der Waals surface area contributed by atoms with Gasteiger partial charge in [-0.05, 0) is 79.4 Å². The largest absolute Gasteiger partial charge is 0.462 e. The van der Waals surface area contributed by atoms with Crippen molar-refractivity contribution in [3.63, 3.8) is 0 Å². The molecule has 110 valence electrons. The van der Waals surface area contributed by atoms with E-state index >= 15 is 0 Å². The van der Waals surface area contributed by atoms with Gasteiger partial charge in [-0.1, -0.05) is 13.3 Å². The van der Waals surface area contributed by atoms with Crippen molar-refractivity contribution in [1.29, 1.82) is 0 Å². The van der Waals surface area contributed by atoms with Crippen molar-refractivity contribution in [3.8, 4) is 0 Å². The van der Waals surface area contributed by atoms with Gasteiger partial charge in [-0.15, -0.1) is 0 Å². The summed E-state index contributed by atoms with van der Waals surface area (Å²) in [5.74, 6) is 7.86. The zero-order chi connectivity index (χ0) is 13.4. The number of esters is 1. The van der Waals surface area contributed by atoms with E-state index in [-0.39, 0.29) is 12.1 Å². The van der Waals surface area contributed by atoms with E-state index < -0.39 is 0 Å². The molecule has 5 rings (SSSR count). The van der Waals surface area contributed by atoms with E-state index in [0.29, 0.717) is 6.42 Å². The van der Waals surface area contributed by atoms with Crippen LogP contribution in [0, 0.1) is 47.3 Å². The van der Waals surface area contributed by atoms with Gasteiger partial charge in [0.1, 0.15) is 6.10 Å². The highest BCUT2D eigenvalue weighted by Gasteiger charge is 2.68. The molecule has 5 aliphatic carbocycles. The Hall–Kier alpha value is -0.530. The molecule has 0 aromatic carbocycles. The Bertz CT molecular complexity index is 445. The van der Waals surface area contributed by atoms with Crippen molar-refractivity contribution < 1.29 is 9.53 Å². The molecule has 0 heterocycles. The topological polar surface area (TPSA) is 26.3 Å². The highest BCUT2D eigenvalue weighted by atomic mass is 16.5. The van der Waals surface area contributed by atoms with Gasteiger partial charge in [0.2, 0.25) is 0 Å². The third-order valence-electron chi connectivity index (χ3n) is 7.90. The third-order valence-corrected chi connectivity index (χ3v) is 7.90. The second-order valence-corrected chi connectivity index (χ2v) is 8.25. The first-order valence-electron chi connectivity index (χ1n) is 8.97. The van der Waals surface area contributed by atoms with E-state index in [4.69, 9.17) is 4.74 Å².